The Bertz CT molecular complexity index is 445. The van der Waals surface area contributed by atoms with Gasteiger partial charge in [0.2, 0.25) is 0 Å². The molecular weight excluding hydrogens is 358 g/mol. The maximum atomic E-state index is 12.3. The van der Waals surface area contributed by atoms with Gasteiger partial charge in [0.05, 0.1) is 13.2 Å². The van der Waals surface area contributed by atoms with Gasteiger partial charge in [-0.15, -0.1) is 0 Å². The highest BCUT2D eigenvalue weighted by Crippen LogP contribution is 2.23. The van der Waals surface area contributed by atoms with E-state index in [0.717, 1.165) is 5.75 Å². The van der Waals surface area contributed by atoms with E-state index in [2.05, 4.69) is 5.32 Å². The summed E-state index contributed by atoms with van der Waals surface area (Å²) in [5.41, 5.74) is -0.640. The Labute approximate surface area is 160 Å². The van der Waals surface area contributed by atoms with Gasteiger partial charge in [-0.05, 0) is 53.0 Å². The van der Waals surface area contributed by atoms with Crippen LogP contribution in [0.4, 0.5) is 4.79 Å². The molecule has 0 aromatic carbocycles. The molecule has 8 heteroatoms. The molecule has 0 unspecified atom stereocenters. The van der Waals surface area contributed by atoms with Gasteiger partial charge in [-0.1, -0.05) is 6.92 Å². The van der Waals surface area contributed by atoms with Gasteiger partial charge in [0, 0.05) is 12.0 Å². The van der Waals surface area contributed by atoms with Crippen LogP contribution in [0.3, 0.4) is 0 Å². The van der Waals surface area contributed by atoms with Crippen molar-refractivity contribution in [2.24, 2.45) is 11.8 Å². The predicted molar refractivity (Wildman–Crippen MR) is 102 cm³/mol. The van der Waals surface area contributed by atoms with E-state index >= 15 is 0 Å². The van der Waals surface area contributed by atoms with E-state index in [1.54, 1.807) is 53.3 Å². The van der Waals surface area contributed by atoms with Gasteiger partial charge < -0.3 is 19.5 Å². The number of alkyl carbamates (subject to hydrolysis) is 1. The molecule has 1 N–H and O–H groups in total. The number of nitrogens with one attached hydrogen (secondary N) is 1. The van der Waals surface area contributed by atoms with Crippen LogP contribution in [0.5, 0.6) is 0 Å². The Hall–Kier alpha value is -1.44. The third-order valence-corrected chi connectivity index (χ3v) is 4.22. The van der Waals surface area contributed by atoms with Crippen molar-refractivity contribution >= 4 is 29.8 Å². The maximum Gasteiger partial charge on any atom is 0.407 e. The van der Waals surface area contributed by atoms with Crippen LogP contribution >= 0.6 is 11.8 Å². The minimum absolute atomic E-state index is 0.163. The summed E-state index contributed by atoms with van der Waals surface area (Å²) >= 11 is 1.61. The molecule has 2 atom stereocenters. The number of rotatable bonds is 10. The lowest BCUT2D eigenvalue weighted by Crippen LogP contribution is -2.48. The summed E-state index contributed by atoms with van der Waals surface area (Å²) in [6.45, 7) is 10.7. The van der Waals surface area contributed by atoms with Gasteiger partial charge in [-0.3, -0.25) is 9.59 Å². The fourth-order valence-corrected chi connectivity index (χ4v) is 2.88. The normalized spacial score (nSPS) is 13.7. The molecule has 0 aliphatic rings. The van der Waals surface area contributed by atoms with E-state index in [1.807, 2.05) is 6.26 Å². The second-order valence-electron chi connectivity index (χ2n) is 6.88. The molecule has 0 spiro atoms. The molecule has 0 aromatic rings. The fourth-order valence-electron chi connectivity index (χ4n) is 2.39. The molecule has 0 aliphatic heterocycles. The van der Waals surface area contributed by atoms with Gasteiger partial charge in [0.1, 0.15) is 5.60 Å². The van der Waals surface area contributed by atoms with Gasteiger partial charge in [0.25, 0.3) is 0 Å². The van der Waals surface area contributed by atoms with Crippen LogP contribution < -0.4 is 5.32 Å². The monoisotopic (exact) mass is 391 g/mol. The van der Waals surface area contributed by atoms with Crippen molar-refractivity contribution in [3.05, 3.63) is 0 Å². The van der Waals surface area contributed by atoms with E-state index in [0.29, 0.717) is 6.42 Å². The van der Waals surface area contributed by atoms with Gasteiger partial charge >= 0.3 is 18.0 Å². The van der Waals surface area contributed by atoms with Crippen LogP contribution in [-0.4, -0.2) is 54.9 Å². The summed E-state index contributed by atoms with van der Waals surface area (Å²) in [4.78, 5) is 36.8. The SMILES string of the molecule is CCOC(=O)C(C(=O)OCC)[C@@H](C)[C@H](CCSC)NC(=O)OC(C)(C)C. The quantitative estimate of drug-likeness (QED) is 0.348. The third kappa shape index (κ3) is 9.31. The number of esters is 2. The number of amides is 1. The van der Waals surface area contributed by atoms with Gasteiger partial charge in [0.15, 0.2) is 5.92 Å². The lowest BCUT2D eigenvalue weighted by Gasteiger charge is -2.30. The van der Waals surface area contributed by atoms with E-state index in [1.165, 1.54) is 0 Å². The molecule has 152 valence electrons. The van der Waals surface area contributed by atoms with Crippen LogP contribution in [0.25, 0.3) is 0 Å². The Morgan fingerprint density at radius 1 is 1.04 bits per heavy atom. The fraction of sp³-hybridized carbons (Fsp3) is 0.833. The number of carbonyl (C=O) groups excluding carboxylic acids is 3. The van der Waals surface area contributed by atoms with Crippen molar-refractivity contribution in [2.75, 3.05) is 25.2 Å². The number of carbonyl (C=O) groups is 3. The first kappa shape index (κ1) is 24.6. The van der Waals surface area contributed by atoms with Crippen molar-refractivity contribution < 1.29 is 28.6 Å². The van der Waals surface area contributed by atoms with Crippen molar-refractivity contribution in [3.63, 3.8) is 0 Å². The topological polar surface area (TPSA) is 90.9 Å². The standard InChI is InChI=1S/C18H33NO6S/c1-8-23-15(20)14(16(21)24-9-2)12(3)13(10-11-26-7)19-17(22)25-18(4,5)6/h12-14H,8-11H2,1-7H3,(H,19,22)/t12-,13-/m0/s1. The molecule has 7 nitrogen and oxygen atoms in total. The summed E-state index contributed by atoms with van der Waals surface area (Å²) in [5, 5.41) is 2.79. The smallest absolute Gasteiger partial charge is 0.407 e. The molecule has 0 bridgehead atoms. The first-order chi connectivity index (χ1) is 12.1. The predicted octanol–water partition coefficient (Wildman–Crippen LogP) is 3.01. The van der Waals surface area contributed by atoms with Crippen molar-refractivity contribution in [1.29, 1.82) is 0 Å². The third-order valence-electron chi connectivity index (χ3n) is 3.58. The first-order valence-electron chi connectivity index (χ1n) is 8.89. The average molecular weight is 392 g/mol. The molecule has 0 radical (unpaired) electrons. The average Bonchev–Trinajstić information content (AvgIpc) is 2.50. The number of thioether (sulfide) groups is 1. The van der Waals surface area contributed by atoms with Crippen LogP contribution in [0.2, 0.25) is 0 Å². The molecule has 0 heterocycles. The Morgan fingerprint density at radius 3 is 1.92 bits per heavy atom. The second-order valence-corrected chi connectivity index (χ2v) is 7.86. The Balaban J connectivity index is 5.39. The van der Waals surface area contributed by atoms with Crippen LogP contribution in [0, 0.1) is 11.8 Å². The minimum Gasteiger partial charge on any atom is -0.465 e. The zero-order chi connectivity index (χ0) is 20.3. The molecule has 26 heavy (non-hydrogen) atoms. The lowest BCUT2D eigenvalue weighted by molar-refractivity contribution is -0.164. The summed E-state index contributed by atoms with van der Waals surface area (Å²) in [6, 6.07) is -0.434. The van der Waals surface area contributed by atoms with Crippen LogP contribution in [0.15, 0.2) is 0 Å². The first-order valence-corrected chi connectivity index (χ1v) is 10.3. The molecule has 0 aliphatic carbocycles. The number of hydrogen-bond donors (Lipinski definition) is 1. The summed E-state index contributed by atoms with van der Waals surface area (Å²) < 4.78 is 15.4. The number of ether oxygens (including phenoxy) is 3. The highest BCUT2D eigenvalue weighted by molar-refractivity contribution is 7.98. The largest absolute Gasteiger partial charge is 0.465 e. The Morgan fingerprint density at radius 2 is 1.54 bits per heavy atom. The molecule has 0 aromatic heterocycles. The van der Waals surface area contributed by atoms with Crippen molar-refractivity contribution in [3.8, 4) is 0 Å². The lowest BCUT2D eigenvalue weighted by atomic mass is 9.86. The summed E-state index contributed by atoms with van der Waals surface area (Å²) in [6.07, 6.45) is 1.95. The van der Waals surface area contributed by atoms with Crippen LogP contribution in [-0.2, 0) is 23.8 Å². The zero-order valence-corrected chi connectivity index (χ0v) is 17.7. The Kier molecular flexibility index (Phi) is 11.4. The second kappa shape index (κ2) is 12.0. The van der Waals surface area contributed by atoms with E-state index in [9.17, 15) is 14.4 Å². The zero-order valence-electron chi connectivity index (χ0n) is 16.9. The highest BCUT2D eigenvalue weighted by Gasteiger charge is 2.39. The van der Waals surface area contributed by atoms with Crippen molar-refractivity contribution in [1.82, 2.24) is 5.32 Å². The minimum atomic E-state index is -1.10. The van der Waals surface area contributed by atoms with Gasteiger partial charge in [-0.2, -0.15) is 11.8 Å². The van der Waals surface area contributed by atoms with Gasteiger partial charge in [-0.25, -0.2) is 4.79 Å². The summed E-state index contributed by atoms with van der Waals surface area (Å²) in [7, 11) is 0. The number of hydrogen-bond acceptors (Lipinski definition) is 7. The molecular formula is C18H33NO6S. The molecule has 0 saturated carbocycles. The maximum absolute atomic E-state index is 12.3. The van der Waals surface area contributed by atoms with Crippen molar-refractivity contribution in [2.45, 2.75) is 59.6 Å². The van der Waals surface area contributed by atoms with Crippen LogP contribution in [0.1, 0.15) is 48.0 Å². The van der Waals surface area contributed by atoms with E-state index < -0.39 is 41.5 Å². The summed E-state index contributed by atoms with van der Waals surface area (Å²) in [5.74, 6) is -2.13. The van der Waals surface area contributed by atoms with E-state index in [-0.39, 0.29) is 13.2 Å². The molecule has 0 rings (SSSR count). The van der Waals surface area contributed by atoms with E-state index in [4.69, 9.17) is 14.2 Å². The molecule has 0 saturated heterocycles. The molecule has 0 fully saturated rings. The molecule has 1 amide bonds. The highest BCUT2D eigenvalue weighted by atomic mass is 32.2.